The Bertz CT molecular complexity index is 637. The first-order valence-corrected chi connectivity index (χ1v) is 8.07. The van der Waals surface area contributed by atoms with Crippen LogP contribution in [0.25, 0.3) is 0 Å². The Morgan fingerprint density at radius 1 is 1.24 bits per heavy atom. The fourth-order valence-corrected chi connectivity index (χ4v) is 3.76. The van der Waals surface area contributed by atoms with Crippen LogP contribution in [0.1, 0.15) is 15.9 Å². The van der Waals surface area contributed by atoms with E-state index in [0.29, 0.717) is 17.9 Å². The highest BCUT2D eigenvalue weighted by Crippen LogP contribution is 2.35. The zero-order valence-corrected chi connectivity index (χ0v) is 14.2. The molecule has 5 heteroatoms. The molecule has 3 rings (SSSR count). The minimum absolute atomic E-state index is 0.00643. The predicted molar refractivity (Wildman–Crippen MR) is 87.3 cm³/mol. The van der Waals surface area contributed by atoms with Crippen LogP contribution in [0.3, 0.4) is 0 Å². The second kappa shape index (κ2) is 6.20. The predicted octanol–water partition coefficient (Wildman–Crippen LogP) is 4.41. The van der Waals surface area contributed by atoms with Crippen LogP contribution in [-0.2, 0) is 6.42 Å². The van der Waals surface area contributed by atoms with Crippen molar-refractivity contribution in [3.05, 3.63) is 56.5 Å². The van der Waals surface area contributed by atoms with E-state index >= 15 is 0 Å². The molecule has 1 heterocycles. The first kappa shape index (κ1) is 14.6. The molecule has 0 aliphatic carbocycles. The molecule has 0 aromatic heterocycles. The van der Waals surface area contributed by atoms with Gasteiger partial charge in [-0.15, -0.1) is 0 Å². The molecule has 1 atom stereocenters. The lowest BCUT2D eigenvalue weighted by Crippen LogP contribution is -2.22. The van der Waals surface area contributed by atoms with Crippen molar-refractivity contribution in [3.63, 3.8) is 0 Å². The number of hydrogen-bond donors (Lipinski definition) is 0. The average Bonchev–Trinajstić information content (AvgIpc) is 2.88. The number of aldehydes is 1. The van der Waals surface area contributed by atoms with Gasteiger partial charge in [0, 0.05) is 12.0 Å². The Hall–Kier alpha value is -1.33. The summed E-state index contributed by atoms with van der Waals surface area (Å²) in [7, 11) is 0. The number of carbonyl (C=O) groups is 1. The fraction of sp³-hybridized carbons (Fsp3) is 0.188. The van der Waals surface area contributed by atoms with Gasteiger partial charge in [0.1, 0.15) is 30.5 Å². The smallest absolute Gasteiger partial charge is 0.150 e. The Balaban J connectivity index is 1.68. The molecule has 0 bridgehead atoms. The van der Waals surface area contributed by atoms with E-state index in [4.69, 9.17) is 9.47 Å². The van der Waals surface area contributed by atoms with E-state index in [0.717, 1.165) is 27.4 Å². The van der Waals surface area contributed by atoms with E-state index in [2.05, 4.69) is 37.9 Å². The third kappa shape index (κ3) is 3.14. The minimum atomic E-state index is 0.00643. The van der Waals surface area contributed by atoms with Crippen molar-refractivity contribution in [1.29, 1.82) is 0 Å². The van der Waals surface area contributed by atoms with Gasteiger partial charge in [-0.2, -0.15) is 0 Å². The molecule has 21 heavy (non-hydrogen) atoms. The molecule has 2 aromatic rings. The van der Waals surface area contributed by atoms with Crippen LogP contribution in [0.15, 0.2) is 45.3 Å². The summed E-state index contributed by atoms with van der Waals surface area (Å²) in [6.07, 6.45) is 1.65. The molecule has 0 saturated carbocycles. The molecular formula is C16H12Br2O3. The summed E-state index contributed by atoms with van der Waals surface area (Å²) in [4.78, 5) is 10.8. The summed E-state index contributed by atoms with van der Waals surface area (Å²) in [5.74, 6) is 1.61. The van der Waals surface area contributed by atoms with E-state index in [-0.39, 0.29) is 6.10 Å². The van der Waals surface area contributed by atoms with Crippen molar-refractivity contribution in [2.45, 2.75) is 12.5 Å². The van der Waals surface area contributed by atoms with Gasteiger partial charge in [0.25, 0.3) is 0 Å². The average molecular weight is 412 g/mol. The van der Waals surface area contributed by atoms with Gasteiger partial charge in [0.15, 0.2) is 0 Å². The molecule has 1 aliphatic rings. The Morgan fingerprint density at radius 3 is 2.62 bits per heavy atom. The number of ether oxygens (including phenoxy) is 2. The molecule has 1 unspecified atom stereocenters. The van der Waals surface area contributed by atoms with E-state index < -0.39 is 0 Å². The van der Waals surface area contributed by atoms with Crippen molar-refractivity contribution >= 4 is 38.1 Å². The van der Waals surface area contributed by atoms with Crippen molar-refractivity contribution in [1.82, 2.24) is 0 Å². The van der Waals surface area contributed by atoms with Crippen molar-refractivity contribution < 1.29 is 14.3 Å². The summed E-state index contributed by atoms with van der Waals surface area (Å²) in [5.41, 5.74) is 1.80. The van der Waals surface area contributed by atoms with Gasteiger partial charge in [-0.25, -0.2) is 0 Å². The number of fused-ring (bicyclic) bond motifs is 1. The monoisotopic (exact) mass is 410 g/mol. The van der Waals surface area contributed by atoms with Crippen LogP contribution >= 0.6 is 31.9 Å². The maximum Gasteiger partial charge on any atom is 0.150 e. The first-order chi connectivity index (χ1) is 10.2. The third-order valence-corrected chi connectivity index (χ3v) is 4.46. The lowest BCUT2D eigenvalue weighted by Gasteiger charge is -2.15. The van der Waals surface area contributed by atoms with Crippen LogP contribution in [0, 0.1) is 0 Å². The molecular weight excluding hydrogens is 400 g/mol. The highest BCUT2D eigenvalue weighted by Gasteiger charge is 2.23. The van der Waals surface area contributed by atoms with Crippen molar-refractivity contribution in [3.8, 4) is 11.5 Å². The SMILES string of the molecule is O=Cc1cc(Br)c(OCC2Cc3ccccc3O2)c(Br)c1. The molecule has 108 valence electrons. The number of para-hydroxylation sites is 1. The summed E-state index contributed by atoms with van der Waals surface area (Å²) in [5, 5.41) is 0. The standard InChI is InChI=1S/C16H12Br2O3/c17-13-5-10(8-19)6-14(18)16(13)20-9-12-7-11-3-1-2-4-15(11)21-12/h1-6,8,12H,7,9H2. The number of halogens is 2. The van der Waals surface area contributed by atoms with E-state index in [1.54, 1.807) is 12.1 Å². The largest absolute Gasteiger partial charge is 0.487 e. The lowest BCUT2D eigenvalue weighted by molar-refractivity contribution is 0.112. The van der Waals surface area contributed by atoms with E-state index in [1.165, 1.54) is 5.56 Å². The van der Waals surface area contributed by atoms with Gasteiger partial charge >= 0.3 is 0 Å². The molecule has 0 N–H and O–H groups in total. The first-order valence-electron chi connectivity index (χ1n) is 6.49. The molecule has 0 saturated heterocycles. The highest BCUT2D eigenvalue weighted by molar-refractivity contribution is 9.11. The number of benzene rings is 2. The fourth-order valence-electron chi connectivity index (χ4n) is 2.31. The Morgan fingerprint density at radius 2 is 1.95 bits per heavy atom. The van der Waals surface area contributed by atoms with Gasteiger partial charge in [-0.3, -0.25) is 4.79 Å². The highest BCUT2D eigenvalue weighted by atomic mass is 79.9. The van der Waals surface area contributed by atoms with Crippen LogP contribution in [0.4, 0.5) is 0 Å². The minimum Gasteiger partial charge on any atom is -0.487 e. The second-order valence-corrected chi connectivity index (χ2v) is 6.50. The zero-order chi connectivity index (χ0) is 14.8. The lowest BCUT2D eigenvalue weighted by atomic mass is 10.1. The van der Waals surface area contributed by atoms with E-state index in [9.17, 15) is 4.79 Å². The topological polar surface area (TPSA) is 35.5 Å². The van der Waals surface area contributed by atoms with Crippen LogP contribution in [-0.4, -0.2) is 19.0 Å². The third-order valence-electron chi connectivity index (χ3n) is 3.28. The van der Waals surface area contributed by atoms with Crippen molar-refractivity contribution in [2.75, 3.05) is 6.61 Å². The summed E-state index contributed by atoms with van der Waals surface area (Å²) in [6, 6.07) is 11.5. The van der Waals surface area contributed by atoms with Gasteiger partial charge in [-0.1, -0.05) is 18.2 Å². The number of rotatable bonds is 4. The zero-order valence-electron chi connectivity index (χ0n) is 11.0. The molecule has 0 radical (unpaired) electrons. The quantitative estimate of drug-likeness (QED) is 0.699. The molecule has 1 aliphatic heterocycles. The summed E-state index contributed by atoms with van der Waals surface area (Å²) in [6.45, 7) is 0.451. The molecule has 2 aromatic carbocycles. The molecule has 0 spiro atoms. The maximum absolute atomic E-state index is 10.8. The van der Waals surface area contributed by atoms with Gasteiger partial charge < -0.3 is 9.47 Å². The van der Waals surface area contributed by atoms with Crippen LogP contribution in [0.2, 0.25) is 0 Å². The summed E-state index contributed by atoms with van der Waals surface area (Å²) < 4.78 is 13.2. The Labute approximate surface area is 139 Å². The molecule has 3 nitrogen and oxygen atoms in total. The van der Waals surface area contributed by atoms with Crippen LogP contribution < -0.4 is 9.47 Å². The van der Waals surface area contributed by atoms with Gasteiger partial charge in [-0.05, 0) is 55.6 Å². The van der Waals surface area contributed by atoms with Crippen molar-refractivity contribution in [2.24, 2.45) is 0 Å². The molecule has 0 fully saturated rings. The second-order valence-electron chi connectivity index (χ2n) is 4.79. The number of hydrogen-bond acceptors (Lipinski definition) is 3. The number of carbonyl (C=O) groups excluding carboxylic acids is 1. The Kier molecular flexibility index (Phi) is 4.31. The van der Waals surface area contributed by atoms with E-state index in [1.807, 2.05) is 18.2 Å². The van der Waals surface area contributed by atoms with Gasteiger partial charge in [0.2, 0.25) is 0 Å². The van der Waals surface area contributed by atoms with Gasteiger partial charge in [0.05, 0.1) is 8.95 Å². The van der Waals surface area contributed by atoms with Crippen LogP contribution in [0.5, 0.6) is 11.5 Å². The maximum atomic E-state index is 10.8. The summed E-state index contributed by atoms with van der Waals surface area (Å²) >= 11 is 6.84. The molecule has 0 amide bonds. The normalized spacial score (nSPS) is 16.2.